The average Bonchev–Trinajstić information content (AvgIpc) is 3.03. The van der Waals surface area contributed by atoms with Crippen LogP contribution in [0.3, 0.4) is 0 Å². The Morgan fingerprint density at radius 3 is 2.65 bits per heavy atom. The van der Waals surface area contributed by atoms with Gasteiger partial charge in [0.15, 0.2) is 10.8 Å². The van der Waals surface area contributed by atoms with E-state index in [0.717, 1.165) is 10.6 Å². The molecule has 0 fully saturated rings. The first kappa shape index (κ1) is 17.4. The zero-order valence-corrected chi connectivity index (χ0v) is 16.2. The molecule has 0 N–H and O–H groups in total. The van der Waals surface area contributed by atoms with E-state index in [1.807, 2.05) is 30.3 Å². The van der Waals surface area contributed by atoms with E-state index < -0.39 is 0 Å². The predicted molar refractivity (Wildman–Crippen MR) is 106 cm³/mol. The SMILES string of the molecule is S=c1nc(-c2ccccc2)n2nc(COc3ccc(Cl)cc3Cl)sc2n1. The highest BCUT2D eigenvalue weighted by Crippen LogP contribution is 2.29. The van der Waals surface area contributed by atoms with Gasteiger partial charge in [-0.15, -0.1) is 0 Å². The summed E-state index contributed by atoms with van der Waals surface area (Å²) in [5.74, 6) is 1.19. The summed E-state index contributed by atoms with van der Waals surface area (Å²) in [6.07, 6.45) is 0. The summed E-state index contributed by atoms with van der Waals surface area (Å²) in [4.78, 5) is 9.31. The smallest absolute Gasteiger partial charge is 0.223 e. The maximum Gasteiger partial charge on any atom is 0.223 e. The quantitative estimate of drug-likeness (QED) is 0.409. The van der Waals surface area contributed by atoms with Crippen molar-refractivity contribution in [3.8, 4) is 17.1 Å². The van der Waals surface area contributed by atoms with Gasteiger partial charge in [0.2, 0.25) is 9.73 Å². The molecule has 0 atom stereocenters. The molecule has 2 heterocycles. The van der Waals surface area contributed by atoms with Crippen molar-refractivity contribution >= 4 is 51.7 Å². The third-order valence-electron chi connectivity index (χ3n) is 3.47. The van der Waals surface area contributed by atoms with Crippen LogP contribution in [-0.4, -0.2) is 19.6 Å². The van der Waals surface area contributed by atoms with E-state index in [2.05, 4.69) is 15.1 Å². The zero-order chi connectivity index (χ0) is 18.1. The average molecular weight is 421 g/mol. The number of hydrogen-bond acceptors (Lipinski definition) is 6. The first-order valence-corrected chi connectivity index (χ1v) is 9.48. The predicted octanol–water partition coefficient (Wildman–Crippen LogP) is 5.47. The van der Waals surface area contributed by atoms with Crippen LogP contribution in [0.1, 0.15) is 5.01 Å². The standard InChI is InChI=1S/C17H10Cl2N4OS2/c18-11-6-7-13(12(19)8-11)24-9-14-22-23-15(10-4-2-1-3-5-10)20-16(25)21-17(23)26-14/h1-8H,9H2. The van der Waals surface area contributed by atoms with Crippen LogP contribution < -0.4 is 4.74 Å². The Bertz CT molecular complexity index is 1140. The summed E-state index contributed by atoms with van der Waals surface area (Å²) >= 11 is 18.6. The van der Waals surface area contributed by atoms with Crippen molar-refractivity contribution in [2.45, 2.75) is 6.61 Å². The molecular weight excluding hydrogens is 411 g/mol. The van der Waals surface area contributed by atoms with Crippen molar-refractivity contribution in [2.24, 2.45) is 0 Å². The van der Waals surface area contributed by atoms with Gasteiger partial charge >= 0.3 is 0 Å². The minimum Gasteiger partial charge on any atom is -0.485 e. The van der Waals surface area contributed by atoms with Gasteiger partial charge < -0.3 is 4.74 Å². The number of hydrogen-bond donors (Lipinski definition) is 0. The van der Waals surface area contributed by atoms with Crippen LogP contribution in [-0.2, 0) is 6.61 Å². The van der Waals surface area contributed by atoms with Gasteiger partial charge in [-0.1, -0.05) is 64.9 Å². The molecular formula is C17H10Cl2N4OS2. The molecule has 0 aliphatic rings. The van der Waals surface area contributed by atoms with Gasteiger partial charge in [0.05, 0.1) is 5.02 Å². The van der Waals surface area contributed by atoms with Crippen LogP contribution in [0.5, 0.6) is 5.75 Å². The Hall–Kier alpha value is -2.06. The van der Waals surface area contributed by atoms with E-state index >= 15 is 0 Å². The lowest BCUT2D eigenvalue weighted by Crippen LogP contribution is -2.01. The van der Waals surface area contributed by atoms with Gasteiger partial charge in [0.25, 0.3) is 0 Å². The molecule has 0 amide bonds. The number of halogens is 2. The topological polar surface area (TPSA) is 52.3 Å². The molecule has 0 saturated carbocycles. The highest BCUT2D eigenvalue weighted by atomic mass is 35.5. The molecule has 4 aromatic rings. The Labute approximate surface area is 167 Å². The fourth-order valence-electron chi connectivity index (χ4n) is 2.34. The van der Waals surface area contributed by atoms with E-state index in [1.54, 1.807) is 22.7 Å². The van der Waals surface area contributed by atoms with E-state index in [0.29, 0.717) is 26.6 Å². The highest BCUT2D eigenvalue weighted by Gasteiger charge is 2.13. The second kappa shape index (κ2) is 7.28. The van der Waals surface area contributed by atoms with Gasteiger partial charge in [-0.25, -0.2) is 0 Å². The van der Waals surface area contributed by atoms with Crippen molar-refractivity contribution in [3.05, 3.63) is 68.4 Å². The van der Waals surface area contributed by atoms with Crippen LogP contribution in [0.15, 0.2) is 48.5 Å². The van der Waals surface area contributed by atoms with Gasteiger partial charge in [0.1, 0.15) is 12.4 Å². The second-order valence-corrected chi connectivity index (χ2v) is 7.50. The Morgan fingerprint density at radius 2 is 1.88 bits per heavy atom. The molecule has 0 aliphatic heterocycles. The summed E-state index contributed by atoms with van der Waals surface area (Å²) in [6, 6.07) is 14.8. The van der Waals surface area contributed by atoms with Crippen molar-refractivity contribution in [3.63, 3.8) is 0 Å². The molecule has 0 radical (unpaired) electrons. The molecule has 0 saturated heterocycles. The third kappa shape index (κ3) is 3.57. The minimum atomic E-state index is 0.246. The molecule has 2 aromatic carbocycles. The molecule has 9 heteroatoms. The number of ether oxygens (including phenoxy) is 1. The summed E-state index contributed by atoms with van der Waals surface area (Å²) in [5.41, 5.74) is 0.912. The normalized spacial score (nSPS) is 11.0. The van der Waals surface area contributed by atoms with E-state index in [1.165, 1.54) is 11.3 Å². The van der Waals surface area contributed by atoms with Crippen molar-refractivity contribution in [2.75, 3.05) is 0 Å². The van der Waals surface area contributed by atoms with Gasteiger partial charge in [-0.05, 0) is 30.4 Å². The molecule has 0 spiro atoms. The maximum absolute atomic E-state index is 6.13. The number of fused-ring (bicyclic) bond motifs is 1. The number of rotatable bonds is 4. The van der Waals surface area contributed by atoms with E-state index in [9.17, 15) is 0 Å². The molecule has 4 rings (SSSR count). The fraction of sp³-hybridized carbons (Fsp3) is 0.0588. The number of nitrogens with zero attached hydrogens (tertiary/aromatic N) is 4. The number of benzene rings is 2. The summed E-state index contributed by atoms with van der Waals surface area (Å²) < 4.78 is 7.71. The molecule has 2 aromatic heterocycles. The van der Waals surface area contributed by atoms with E-state index in [-0.39, 0.29) is 11.4 Å². The lowest BCUT2D eigenvalue weighted by molar-refractivity contribution is 0.304. The molecule has 26 heavy (non-hydrogen) atoms. The van der Waals surface area contributed by atoms with Gasteiger partial charge in [0, 0.05) is 10.6 Å². The molecule has 0 aliphatic carbocycles. The fourth-order valence-corrected chi connectivity index (χ4v) is 3.83. The van der Waals surface area contributed by atoms with Crippen LogP contribution in [0.2, 0.25) is 10.0 Å². The summed E-state index contributed by atoms with van der Waals surface area (Å²) in [7, 11) is 0. The lowest BCUT2D eigenvalue weighted by atomic mass is 10.2. The first-order valence-electron chi connectivity index (χ1n) is 7.50. The maximum atomic E-state index is 6.13. The minimum absolute atomic E-state index is 0.246. The van der Waals surface area contributed by atoms with Crippen molar-refractivity contribution in [1.29, 1.82) is 0 Å². The summed E-state index contributed by atoms with van der Waals surface area (Å²) in [6.45, 7) is 0.246. The lowest BCUT2D eigenvalue weighted by Gasteiger charge is -2.05. The Kier molecular flexibility index (Phi) is 4.86. The highest BCUT2D eigenvalue weighted by molar-refractivity contribution is 7.71. The first-order chi connectivity index (χ1) is 12.6. The molecule has 0 unspecified atom stereocenters. The monoisotopic (exact) mass is 420 g/mol. The van der Waals surface area contributed by atoms with Crippen LogP contribution in [0.25, 0.3) is 16.3 Å². The van der Waals surface area contributed by atoms with E-state index in [4.69, 9.17) is 40.2 Å². The summed E-state index contributed by atoms with van der Waals surface area (Å²) in [5, 5.41) is 6.29. The Balaban J connectivity index is 1.68. The van der Waals surface area contributed by atoms with Crippen LogP contribution in [0.4, 0.5) is 0 Å². The van der Waals surface area contributed by atoms with Crippen molar-refractivity contribution in [1.82, 2.24) is 19.6 Å². The largest absolute Gasteiger partial charge is 0.485 e. The second-order valence-electron chi connectivity index (χ2n) is 5.25. The molecule has 130 valence electrons. The van der Waals surface area contributed by atoms with Gasteiger partial charge in [-0.3, -0.25) is 0 Å². The molecule has 0 bridgehead atoms. The zero-order valence-electron chi connectivity index (χ0n) is 13.1. The van der Waals surface area contributed by atoms with Crippen molar-refractivity contribution < 1.29 is 4.74 Å². The van der Waals surface area contributed by atoms with Gasteiger partial charge in [-0.2, -0.15) is 19.6 Å². The van der Waals surface area contributed by atoms with Crippen LogP contribution in [0, 0.1) is 4.77 Å². The number of aromatic nitrogens is 4. The Morgan fingerprint density at radius 1 is 1.08 bits per heavy atom. The molecule has 5 nitrogen and oxygen atoms in total. The third-order valence-corrected chi connectivity index (χ3v) is 5.07. The van der Waals surface area contributed by atoms with Crippen LogP contribution >= 0.6 is 46.8 Å².